The fraction of sp³-hybridized carbons (Fsp3) is 0.286. The van der Waals surface area contributed by atoms with Gasteiger partial charge < -0.3 is 0 Å². The first-order valence-corrected chi connectivity index (χ1v) is 6.13. The van der Waals surface area contributed by atoms with Crippen molar-refractivity contribution < 1.29 is 0 Å². The Hall–Kier alpha value is -1.41. The van der Waals surface area contributed by atoms with Crippen molar-refractivity contribution in [3.8, 4) is 0 Å². The molecule has 0 aliphatic carbocycles. The molecule has 0 fully saturated rings. The molecule has 1 heterocycles. The van der Waals surface area contributed by atoms with Gasteiger partial charge >= 0.3 is 0 Å². The second-order valence-electron chi connectivity index (χ2n) is 4.11. The summed E-state index contributed by atoms with van der Waals surface area (Å²) in [6.07, 6.45) is 1.61. The number of benzene rings is 1. The van der Waals surface area contributed by atoms with E-state index in [2.05, 4.69) is 48.1 Å². The first-order chi connectivity index (χ1) is 8.17. The second-order valence-corrected chi connectivity index (χ2v) is 4.50. The SMILES string of the molecule is CCc1cc(Cl)nc(Cc2ccc(C)cc2)n1. The summed E-state index contributed by atoms with van der Waals surface area (Å²) in [5, 5.41) is 0.527. The molecule has 0 unspecified atom stereocenters. The summed E-state index contributed by atoms with van der Waals surface area (Å²) in [6.45, 7) is 4.14. The van der Waals surface area contributed by atoms with Crippen LogP contribution in [0.4, 0.5) is 0 Å². The van der Waals surface area contributed by atoms with Crippen LogP contribution in [0.5, 0.6) is 0 Å². The normalized spacial score (nSPS) is 10.5. The standard InChI is InChI=1S/C14H15ClN2/c1-3-12-9-13(15)17-14(16-12)8-11-6-4-10(2)5-7-11/h4-7,9H,3,8H2,1-2H3. The third-order valence-electron chi connectivity index (χ3n) is 2.64. The van der Waals surface area contributed by atoms with Gasteiger partial charge in [0.1, 0.15) is 11.0 Å². The molecule has 0 amide bonds. The summed E-state index contributed by atoms with van der Waals surface area (Å²) < 4.78 is 0. The zero-order valence-electron chi connectivity index (χ0n) is 10.1. The Labute approximate surface area is 107 Å². The number of nitrogens with zero attached hydrogens (tertiary/aromatic N) is 2. The lowest BCUT2D eigenvalue weighted by atomic mass is 10.1. The molecule has 2 nitrogen and oxygen atoms in total. The van der Waals surface area contributed by atoms with Gasteiger partial charge in [-0.25, -0.2) is 9.97 Å². The lowest BCUT2D eigenvalue weighted by Gasteiger charge is -2.04. The molecule has 17 heavy (non-hydrogen) atoms. The second kappa shape index (κ2) is 5.28. The van der Waals surface area contributed by atoms with Crippen LogP contribution in [0.3, 0.4) is 0 Å². The van der Waals surface area contributed by atoms with Gasteiger partial charge in [-0.1, -0.05) is 48.4 Å². The molecule has 2 rings (SSSR count). The van der Waals surface area contributed by atoms with Crippen LogP contribution in [-0.2, 0) is 12.8 Å². The van der Waals surface area contributed by atoms with E-state index in [-0.39, 0.29) is 0 Å². The molecule has 3 heteroatoms. The van der Waals surface area contributed by atoms with E-state index >= 15 is 0 Å². The Kier molecular flexibility index (Phi) is 3.75. The number of halogens is 1. The Morgan fingerprint density at radius 1 is 1.12 bits per heavy atom. The zero-order valence-corrected chi connectivity index (χ0v) is 10.8. The quantitative estimate of drug-likeness (QED) is 0.774. The highest BCUT2D eigenvalue weighted by Crippen LogP contribution is 2.12. The van der Waals surface area contributed by atoms with Gasteiger partial charge in [-0.15, -0.1) is 0 Å². The molecule has 88 valence electrons. The van der Waals surface area contributed by atoms with E-state index in [0.717, 1.165) is 24.4 Å². The van der Waals surface area contributed by atoms with Gasteiger partial charge in [0.25, 0.3) is 0 Å². The third kappa shape index (κ3) is 3.27. The molecule has 0 spiro atoms. The maximum Gasteiger partial charge on any atom is 0.134 e. The zero-order chi connectivity index (χ0) is 12.3. The van der Waals surface area contributed by atoms with Gasteiger partial charge in [0.05, 0.1) is 0 Å². The maximum absolute atomic E-state index is 5.97. The van der Waals surface area contributed by atoms with Crippen LogP contribution >= 0.6 is 11.6 Å². The molecular formula is C14H15ClN2. The molecule has 0 saturated heterocycles. The van der Waals surface area contributed by atoms with E-state index in [1.165, 1.54) is 11.1 Å². The van der Waals surface area contributed by atoms with E-state index in [1.54, 1.807) is 0 Å². The molecule has 0 atom stereocenters. The smallest absolute Gasteiger partial charge is 0.134 e. The van der Waals surface area contributed by atoms with Crippen molar-refractivity contribution >= 4 is 11.6 Å². The van der Waals surface area contributed by atoms with Crippen molar-refractivity contribution in [3.05, 3.63) is 58.1 Å². The van der Waals surface area contributed by atoms with E-state index in [4.69, 9.17) is 11.6 Å². The van der Waals surface area contributed by atoms with Crippen LogP contribution in [0.15, 0.2) is 30.3 Å². The molecule has 1 aromatic heterocycles. The van der Waals surface area contributed by atoms with Crippen LogP contribution in [0.25, 0.3) is 0 Å². The van der Waals surface area contributed by atoms with Crippen LogP contribution < -0.4 is 0 Å². The third-order valence-corrected chi connectivity index (χ3v) is 2.83. The topological polar surface area (TPSA) is 25.8 Å². The van der Waals surface area contributed by atoms with Gasteiger partial charge in [0, 0.05) is 12.1 Å². The minimum Gasteiger partial charge on any atom is -0.237 e. The summed E-state index contributed by atoms with van der Waals surface area (Å²) in [5.41, 5.74) is 3.46. The van der Waals surface area contributed by atoms with Crippen molar-refractivity contribution in [1.82, 2.24) is 9.97 Å². The highest BCUT2D eigenvalue weighted by molar-refractivity contribution is 6.29. The van der Waals surface area contributed by atoms with Gasteiger partial charge in [0.2, 0.25) is 0 Å². The van der Waals surface area contributed by atoms with Crippen molar-refractivity contribution in [2.24, 2.45) is 0 Å². The van der Waals surface area contributed by atoms with Crippen LogP contribution in [-0.4, -0.2) is 9.97 Å². The van der Waals surface area contributed by atoms with E-state index < -0.39 is 0 Å². The first-order valence-electron chi connectivity index (χ1n) is 5.75. The predicted molar refractivity (Wildman–Crippen MR) is 70.4 cm³/mol. The molecule has 0 aliphatic heterocycles. The van der Waals surface area contributed by atoms with Gasteiger partial charge in [-0.3, -0.25) is 0 Å². The van der Waals surface area contributed by atoms with E-state index in [9.17, 15) is 0 Å². The minimum atomic E-state index is 0.527. The predicted octanol–water partition coefficient (Wildman–Crippen LogP) is 3.59. The summed E-state index contributed by atoms with van der Waals surface area (Å²) in [5.74, 6) is 0.790. The molecule has 1 aromatic carbocycles. The van der Waals surface area contributed by atoms with Crippen LogP contribution in [0.2, 0.25) is 5.15 Å². The molecule has 0 N–H and O–H groups in total. The lowest BCUT2D eigenvalue weighted by Crippen LogP contribution is -2.00. The number of rotatable bonds is 3. The highest BCUT2D eigenvalue weighted by Gasteiger charge is 2.03. The molecule has 0 saturated carbocycles. The monoisotopic (exact) mass is 246 g/mol. The molecule has 0 radical (unpaired) electrons. The Bertz CT molecular complexity index is 506. The molecule has 0 aliphatic rings. The van der Waals surface area contributed by atoms with Crippen LogP contribution in [0.1, 0.15) is 29.6 Å². The van der Waals surface area contributed by atoms with Gasteiger partial charge in [0.15, 0.2) is 0 Å². The van der Waals surface area contributed by atoms with Crippen molar-refractivity contribution in [3.63, 3.8) is 0 Å². The minimum absolute atomic E-state index is 0.527. The van der Waals surface area contributed by atoms with Crippen LogP contribution in [0, 0.1) is 6.92 Å². The first kappa shape index (κ1) is 12.1. The molecular weight excluding hydrogens is 232 g/mol. The fourth-order valence-electron chi connectivity index (χ4n) is 1.66. The van der Waals surface area contributed by atoms with Crippen molar-refractivity contribution in [2.45, 2.75) is 26.7 Å². The number of hydrogen-bond acceptors (Lipinski definition) is 2. The Morgan fingerprint density at radius 2 is 1.82 bits per heavy atom. The largest absolute Gasteiger partial charge is 0.237 e. The van der Waals surface area contributed by atoms with Gasteiger partial charge in [-0.05, 0) is 25.0 Å². The van der Waals surface area contributed by atoms with Gasteiger partial charge in [-0.2, -0.15) is 0 Å². The summed E-state index contributed by atoms with van der Waals surface area (Å²) >= 11 is 5.97. The van der Waals surface area contributed by atoms with E-state index in [1.807, 2.05) is 6.07 Å². The molecule has 2 aromatic rings. The van der Waals surface area contributed by atoms with E-state index in [0.29, 0.717) is 5.15 Å². The maximum atomic E-state index is 5.97. The Balaban J connectivity index is 2.23. The number of hydrogen-bond donors (Lipinski definition) is 0. The summed E-state index contributed by atoms with van der Waals surface area (Å²) in [7, 11) is 0. The average molecular weight is 247 g/mol. The Morgan fingerprint density at radius 3 is 2.47 bits per heavy atom. The highest BCUT2D eigenvalue weighted by atomic mass is 35.5. The average Bonchev–Trinajstić information content (AvgIpc) is 2.31. The fourth-order valence-corrected chi connectivity index (χ4v) is 1.89. The van der Waals surface area contributed by atoms with Crippen molar-refractivity contribution in [1.29, 1.82) is 0 Å². The van der Waals surface area contributed by atoms with Crippen molar-refractivity contribution in [2.75, 3.05) is 0 Å². The number of aromatic nitrogens is 2. The summed E-state index contributed by atoms with van der Waals surface area (Å²) in [4.78, 5) is 8.73. The summed E-state index contributed by atoms with van der Waals surface area (Å²) in [6, 6.07) is 10.2. The molecule has 0 bridgehead atoms. The number of aryl methyl sites for hydroxylation is 2. The lowest BCUT2D eigenvalue weighted by molar-refractivity contribution is 0.906.